The third-order valence-electron chi connectivity index (χ3n) is 2.33. The molecule has 2 N–H and O–H groups in total. The molecule has 0 aliphatic heterocycles. The second-order valence-electron chi connectivity index (χ2n) is 3.50. The molecule has 1 rings (SSSR count). The number of rotatable bonds is 5. The highest BCUT2D eigenvalue weighted by molar-refractivity contribution is 4.81. The van der Waals surface area contributed by atoms with E-state index in [0.717, 1.165) is 18.9 Å². The third kappa shape index (κ3) is 3.21. The zero-order valence-corrected chi connectivity index (χ0v) is 7.55. The van der Waals surface area contributed by atoms with Crippen molar-refractivity contribution in [2.24, 2.45) is 11.7 Å². The first-order valence-corrected chi connectivity index (χ1v) is 4.61. The molecule has 0 aromatic rings. The highest BCUT2D eigenvalue weighted by atomic mass is 16.5. The topological polar surface area (TPSA) is 35.2 Å². The van der Waals surface area contributed by atoms with Crippen molar-refractivity contribution in [1.82, 2.24) is 0 Å². The fourth-order valence-corrected chi connectivity index (χ4v) is 1.32. The van der Waals surface area contributed by atoms with E-state index in [1.54, 1.807) is 0 Å². The van der Waals surface area contributed by atoms with E-state index in [0.29, 0.717) is 0 Å². The fraction of sp³-hybridized carbons (Fsp3) is 1.00. The lowest BCUT2D eigenvalue weighted by atomic mass is 10.1. The van der Waals surface area contributed by atoms with Crippen molar-refractivity contribution < 1.29 is 4.74 Å². The first-order valence-electron chi connectivity index (χ1n) is 4.61. The highest BCUT2D eigenvalue weighted by Crippen LogP contribution is 2.33. The van der Waals surface area contributed by atoms with Crippen molar-refractivity contribution >= 4 is 0 Å². The lowest BCUT2D eigenvalue weighted by Gasteiger charge is -2.19. The van der Waals surface area contributed by atoms with E-state index in [-0.39, 0.29) is 12.1 Å². The molecule has 2 unspecified atom stereocenters. The third-order valence-corrected chi connectivity index (χ3v) is 2.33. The maximum absolute atomic E-state index is 5.92. The van der Waals surface area contributed by atoms with E-state index in [1.165, 1.54) is 12.8 Å². The maximum atomic E-state index is 5.92. The van der Waals surface area contributed by atoms with Crippen molar-refractivity contribution in [3.8, 4) is 0 Å². The van der Waals surface area contributed by atoms with Crippen LogP contribution >= 0.6 is 0 Å². The average molecular weight is 157 g/mol. The molecular weight excluding hydrogens is 138 g/mol. The average Bonchev–Trinajstić information content (AvgIpc) is 2.72. The smallest absolute Gasteiger partial charge is 0.0697 e. The van der Waals surface area contributed by atoms with Gasteiger partial charge in [0.2, 0.25) is 0 Å². The van der Waals surface area contributed by atoms with E-state index < -0.39 is 0 Å². The van der Waals surface area contributed by atoms with Crippen LogP contribution in [0.25, 0.3) is 0 Å². The van der Waals surface area contributed by atoms with Gasteiger partial charge in [-0.15, -0.1) is 0 Å². The predicted molar refractivity (Wildman–Crippen MR) is 46.4 cm³/mol. The normalized spacial score (nSPS) is 23.2. The summed E-state index contributed by atoms with van der Waals surface area (Å²) in [6, 6.07) is 0.252. The van der Waals surface area contributed by atoms with Crippen LogP contribution in [-0.2, 0) is 4.74 Å². The summed E-state index contributed by atoms with van der Waals surface area (Å²) in [5.74, 6) is 0.910. The SMILES string of the molecule is CCOC(C)C(N)CC1CC1. The molecule has 0 heterocycles. The lowest BCUT2D eigenvalue weighted by molar-refractivity contribution is 0.0542. The Morgan fingerprint density at radius 2 is 2.18 bits per heavy atom. The Hall–Kier alpha value is -0.0800. The largest absolute Gasteiger partial charge is 0.377 e. The minimum Gasteiger partial charge on any atom is -0.377 e. The van der Waals surface area contributed by atoms with Gasteiger partial charge < -0.3 is 10.5 Å². The number of hydrogen-bond acceptors (Lipinski definition) is 2. The molecule has 11 heavy (non-hydrogen) atoms. The Morgan fingerprint density at radius 3 is 2.64 bits per heavy atom. The Kier molecular flexibility index (Phi) is 3.34. The first kappa shape index (κ1) is 9.01. The first-order chi connectivity index (χ1) is 5.24. The molecule has 0 saturated heterocycles. The zero-order chi connectivity index (χ0) is 8.27. The quantitative estimate of drug-likeness (QED) is 0.657. The molecule has 0 radical (unpaired) electrons. The van der Waals surface area contributed by atoms with Gasteiger partial charge in [0.15, 0.2) is 0 Å². The molecule has 0 amide bonds. The van der Waals surface area contributed by atoms with Gasteiger partial charge >= 0.3 is 0 Å². The summed E-state index contributed by atoms with van der Waals surface area (Å²) in [6.07, 6.45) is 4.15. The summed E-state index contributed by atoms with van der Waals surface area (Å²) in [4.78, 5) is 0. The summed E-state index contributed by atoms with van der Waals surface area (Å²) >= 11 is 0. The Balaban J connectivity index is 2.10. The second-order valence-corrected chi connectivity index (χ2v) is 3.50. The summed E-state index contributed by atoms with van der Waals surface area (Å²) in [6.45, 7) is 4.86. The molecule has 1 aliphatic rings. The molecule has 0 aromatic carbocycles. The Bertz CT molecular complexity index is 112. The number of hydrogen-bond donors (Lipinski definition) is 1. The number of nitrogens with two attached hydrogens (primary N) is 1. The van der Waals surface area contributed by atoms with Crippen molar-refractivity contribution in [1.29, 1.82) is 0 Å². The van der Waals surface area contributed by atoms with Gasteiger partial charge in [-0.25, -0.2) is 0 Å². The van der Waals surface area contributed by atoms with Gasteiger partial charge in [-0.1, -0.05) is 12.8 Å². The monoisotopic (exact) mass is 157 g/mol. The molecule has 1 aliphatic carbocycles. The minimum atomic E-state index is 0.237. The van der Waals surface area contributed by atoms with Gasteiger partial charge in [-0.3, -0.25) is 0 Å². The van der Waals surface area contributed by atoms with Crippen LogP contribution < -0.4 is 5.73 Å². The zero-order valence-electron chi connectivity index (χ0n) is 7.55. The molecule has 66 valence electrons. The summed E-state index contributed by atoms with van der Waals surface area (Å²) in [5.41, 5.74) is 5.92. The van der Waals surface area contributed by atoms with Gasteiger partial charge in [0.1, 0.15) is 0 Å². The van der Waals surface area contributed by atoms with Crippen LogP contribution in [0, 0.1) is 5.92 Å². The molecule has 0 aromatic heterocycles. The van der Waals surface area contributed by atoms with Crippen molar-refractivity contribution in [3.05, 3.63) is 0 Å². The minimum absolute atomic E-state index is 0.237. The van der Waals surface area contributed by atoms with Crippen LogP contribution in [0.5, 0.6) is 0 Å². The van der Waals surface area contributed by atoms with E-state index in [9.17, 15) is 0 Å². The Labute approximate surface area is 69.1 Å². The standard InChI is InChI=1S/C9H19NO/c1-3-11-7(2)9(10)6-8-4-5-8/h7-9H,3-6,10H2,1-2H3. The van der Waals surface area contributed by atoms with Crippen molar-refractivity contribution in [3.63, 3.8) is 0 Å². The summed E-state index contributed by atoms with van der Waals surface area (Å²) < 4.78 is 5.41. The second kappa shape index (κ2) is 4.07. The number of ether oxygens (including phenoxy) is 1. The Morgan fingerprint density at radius 1 is 1.55 bits per heavy atom. The van der Waals surface area contributed by atoms with Gasteiger partial charge in [-0.2, -0.15) is 0 Å². The van der Waals surface area contributed by atoms with Gasteiger partial charge in [0.05, 0.1) is 6.10 Å². The summed E-state index contributed by atoms with van der Waals surface area (Å²) in [5, 5.41) is 0. The molecular formula is C9H19NO. The van der Waals surface area contributed by atoms with Crippen LogP contribution in [0.2, 0.25) is 0 Å². The highest BCUT2D eigenvalue weighted by Gasteiger charge is 2.26. The molecule has 1 saturated carbocycles. The van der Waals surface area contributed by atoms with E-state index in [2.05, 4.69) is 6.92 Å². The molecule has 0 spiro atoms. The van der Waals surface area contributed by atoms with Crippen molar-refractivity contribution in [2.45, 2.75) is 45.3 Å². The molecule has 2 nitrogen and oxygen atoms in total. The van der Waals surface area contributed by atoms with Crippen LogP contribution in [0.3, 0.4) is 0 Å². The molecule has 1 fully saturated rings. The van der Waals surface area contributed by atoms with E-state index in [4.69, 9.17) is 10.5 Å². The molecule has 0 bridgehead atoms. The van der Waals surface area contributed by atoms with E-state index in [1.807, 2.05) is 6.92 Å². The van der Waals surface area contributed by atoms with Crippen LogP contribution in [0.1, 0.15) is 33.1 Å². The predicted octanol–water partition coefficient (Wildman–Crippen LogP) is 1.54. The van der Waals surface area contributed by atoms with Crippen LogP contribution in [0.4, 0.5) is 0 Å². The van der Waals surface area contributed by atoms with Gasteiger partial charge in [0.25, 0.3) is 0 Å². The molecule has 2 atom stereocenters. The van der Waals surface area contributed by atoms with Gasteiger partial charge in [0, 0.05) is 12.6 Å². The lowest BCUT2D eigenvalue weighted by Crippen LogP contribution is -2.34. The van der Waals surface area contributed by atoms with Crippen LogP contribution in [0.15, 0.2) is 0 Å². The summed E-state index contributed by atoms with van der Waals surface area (Å²) in [7, 11) is 0. The molecule has 2 heteroatoms. The van der Waals surface area contributed by atoms with Crippen LogP contribution in [-0.4, -0.2) is 18.8 Å². The van der Waals surface area contributed by atoms with Gasteiger partial charge in [-0.05, 0) is 26.2 Å². The van der Waals surface area contributed by atoms with Crippen molar-refractivity contribution in [2.75, 3.05) is 6.61 Å². The van der Waals surface area contributed by atoms with E-state index >= 15 is 0 Å². The fourth-order valence-electron chi connectivity index (χ4n) is 1.32. The maximum Gasteiger partial charge on any atom is 0.0697 e.